The van der Waals surface area contributed by atoms with E-state index in [1.807, 2.05) is 38.1 Å². The van der Waals surface area contributed by atoms with Gasteiger partial charge in [0.1, 0.15) is 0 Å². The molecule has 0 unspecified atom stereocenters. The molecule has 2 heterocycles. The van der Waals surface area contributed by atoms with Crippen molar-refractivity contribution in [1.82, 2.24) is 9.80 Å². The predicted molar refractivity (Wildman–Crippen MR) is 177 cm³/mol. The second-order valence-electron chi connectivity index (χ2n) is 11.0. The molecule has 5 rings (SSSR count). The van der Waals surface area contributed by atoms with E-state index in [9.17, 15) is 28.8 Å². The van der Waals surface area contributed by atoms with Crippen LogP contribution in [0.5, 0.6) is 0 Å². The van der Waals surface area contributed by atoms with Gasteiger partial charge in [0.05, 0.1) is 26.2 Å². The molecule has 0 spiro atoms. The molecule has 0 radical (unpaired) electrons. The van der Waals surface area contributed by atoms with Crippen LogP contribution in [0.25, 0.3) is 0 Å². The summed E-state index contributed by atoms with van der Waals surface area (Å²) in [6.07, 6.45) is 0. The van der Waals surface area contributed by atoms with Gasteiger partial charge in [-0.25, -0.2) is 0 Å². The van der Waals surface area contributed by atoms with Crippen LogP contribution in [0.15, 0.2) is 72.8 Å². The minimum Gasteiger partial charge on any atom is -0.368 e. The Hall–Kier alpha value is -4.82. The normalized spacial score (nSPS) is 18.0. The molecule has 2 atom stereocenters. The minimum atomic E-state index is -0.951. The first-order chi connectivity index (χ1) is 21.9. The molecule has 14 heteroatoms. The van der Waals surface area contributed by atoms with E-state index in [0.29, 0.717) is 22.5 Å². The maximum atomic E-state index is 13.4. The number of thioether (sulfide) groups is 2. The van der Waals surface area contributed by atoms with Crippen molar-refractivity contribution < 1.29 is 28.8 Å². The van der Waals surface area contributed by atoms with Gasteiger partial charge in [-0.2, -0.15) is 0 Å². The Morgan fingerprint density at radius 3 is 1.35 bits per heavy atom. The van der Waals surface area contributed by atoms with Crippen LogP contribution in [-0.4, -0.2) is 67.7 Å². The summed E-state index contributed by atoms with van der Waals surface area (Å²) < 4.78 is 0. The molecule has 46 heavy (non-hydrogen) atoms. The highest BCUT2D eigenvalue weighted by Gasteiger charge is 2.45. The van der Waals surface area contributed by atoms with E-state index in [1.54, 1.807) is 48.5 Å². The third kappa shape index (κ3) is 7.18. The van der Waals surface area contributed by atoms with Gasteiger partial charge in [0.2, 0.25) is 11.8 Å². The van der Waals surface area contributed by atoms with Gasteiger partial charge in [0.15, 0.2) is 10.7 Å². The number of rotatable bonds is 12. The number of carbonyl (C=O) groups excluding carboxylic acids is 6. The van der Waals surface area contributed by atoms with Crippen LogP contribution in [0.1, 0.15) is 22.3 Å². The van der Waals surface area contributed by atoms with Crippen molar-refractivity contribution in [3.63, 3.8) is 0 Å². The van der Waals surface area contributed by atoms with Crippen molar-refractivity contribution in [2.75, 3.05) is 22.9 Å². The highest BCUT2D eigenvalue weighted by molar-refractivity contribution is 8.15. The third-order valence-electron chi connectivity index (χ3n) is 7.41. The fourth-order valence-electron chi connectivity index (χ4n) is 5.23. The average molecular weight is 661 g/mol. The molecule has 0 bridgehead atoms. The lowest BCUT2D eigenvalue weighted by molar-refractivity contribution is -0.128. The monoisotopic (exact) mass is 660 g/mol. The molecule has 6 amide bonds. The van der Waals surface area contributed by atoms with Crippen molar-refractivity contribution >= 4 is 69.0 Å². The highest BCUT2D eigenvalue weighted by atomic mass is 32.2. The van der Waals surface area contributed by atoms with Gasteiger partial charge >= 0.3 is 0 Å². The molecule has 2 aliphatic heterocycles. The molecule has 0 saturated carbocycles. The summed E-state index contributed by atoms with van der Waals surface area (Å²) in [5.41, 5.74) is 15.3. The van der Waals surface area contributed by atoms with Crippen LogP contribution in [0.3, 0.4) is 0 Å². The van der Waals surface area contributed by atoms with Crippen molar-refractivity contribution in [3.8, 4) is 0 Å². The van der Waals surface area contributed by atoms with E-state index in [0.717, 1.165) is 44.5 Å². The summed E-state index contributed by atoms with van der Waals surface area (Å²) in [7, 11) is 0. The van der Waals surface area contributed by atoms with Gasteiger partial charge in [0, 0.05) is 11.4 Å². The van der Waals surface area contributed by atoms with Crippen LogP contribution < -0.4 is 21.3 Å². The number of hydrogen-bond donors (Lipinski definition) is 2. The molecule has 12 nitrogen and oxygen atoms in total. The number of anilines is 2. The molecule has 0 aliphatic carbocycles. The third-order valence-corrected chi connectivity index (χ3v) is 9.61. The van der Waals surface area contributed by atoms with Crippen LogP contribution in [0, 0.1) is 13.8 Å². The van der Waals surface area contributed by atoms with Crippen molar-refractivity contribution in [1.29, 1.82) is 0 Å². The Bertz CT molecular complexity index is 1590. The van der Waals surface area contributed by atoms with Gasteiger partial charge in [-0.05, 0) is 83.9 Å². The number of aryl methyl sites for hydroxylation is 2. The van der Waals surface area contributed by atoms with E-state index >= 15 is 0 Å². The molecular formula is C32H32N6O6S2. The Kier molecular flexibility index (Phi) is 9.68. The fourth-order valence-corrected chi connectivity index (χ4v) is 7.28. The molecule has 2 saturated heterocycles. The second kappa shape index (κ2) is 13.7. The SMILES string of the molecule is Cc1cccc(N(CC(N)=O)[C@H]2SC(=O)N(Cc3ccc(CN4C(=O)S[C@H](N(CC(N)=O)c5cccc(C)c5)C4=O)cc3)C2=O)c1. The topological polar surface area (TPSA) is 167 Å². The lowest BCUT2D eigenvalue weighted by Crippen LogP contribution is -2.45. The average Bonchev–Trinajstić information content (AvgIpc) is 3.44. The first-order valence-electron chi connectivity index (χ1n) is 14.3. The minimum absolute atomic E-state index is 0.00224. The summed E-state index contributed by atoms with van der Waals surface area (Å²) >= 11 is 1.64. The first kappa shape index (κ1) is 32.6. The zero-order valence-electron chi connectivity index (χ0n) is 25.1. The zero-order valence-corrected chi connectivity index (χ0v) is 26.8. The number of nitrogens with two attached hydrogens (primary N) is 2. The molecule has 3 aromatic rings. The van der Waals surface area contributed by atoms with Gasteiger partial charge in [-0.1, -0.05) is 48.5 Å². The standard InChI is InChI=1S/C32H32N6O6S2/c1-19-5-3-7-23(13-19)35(17-25(33)39)29-27(41)37(31(43)45-29)15-21-9-11-22(12-10-21)16-38-28(42)30(46-32(38)44)36(18-26(34)40)24-8-4-6-20(2)14-24/h3-14,29-30H,15-18H2,1-2H3,(H2,33,39)(H2,34,40)/t29-,30-/m0/s1. The van der Waals surface area contributed by atoms with Crippen molar-refractivity contribution in [2.24, 2.45) is 11.5 Å². The smallest absolute Gasteiger partial charge is 0.291 e. The van der Waals surface area contributed by atoms with Crippen LogP contribution in [0.4, 0.5) is 21.0 Å². The Morgan fingerprint density at radius 1 is 0.652 bits per heavy atom. The lowest BCUT2D eigenvalue weighted by atomic mass is 10.1. The molecule has 2 fully saturated rings. The number of amides is 6. The lowest BCUT2D eigenvalue weighted by Gasteiger charge is -2.28. The summed E-state index contributed by atoms with van der Waals surface area (Å²) in [6, 6.07) is 21.4. The van der Waals surface area contributed by atoms with Crippen molar-refractivity contribution in [3.05, 3.63) is 95.1 Å². The first-order valence-corrected chi connectivity index (χ1v) is 16.0. The van der Waals surface area contributed by atoms with Crippen LogP contribution in [-0.2, 0) is 32.3 Å². The van der Waals surface area contributed by atoms with Crippen LogP contribution >= 0.6 is 23.5 Å². The maximum Gasteiger partial charge on any atom is 0.291 e. The van der Waals surface area contributed by atoms with E-state index in [-0.39, 0.29) is 26.2 Å². The molecule has 2 aliphatic rings. The summed E-state index contributed by atoms with van der Waals surface area (Å²) in [4.78, 5) is 81.7. The highest BCUT2D eigenvalue weighted by Crippen LogP contribution is 2.35. The number of primary amides is 2. The van der Waals surface area contributed by atoms with Crippen LogP contribution in [0.2, 0.25) is 0 Å². The summed E-state index contributed by atoms with van der Waals surface area (Å²) in [5.74, 6) is -2.20. The molecule has 3 aromatic carbocycles. The van der Waals surface area contributed by atoms with Gasteiger partial charge in [-0.3, -0.25) is 38.6 Å². The summed E-state index contributed by atoms with van der Waals surface area (Å²) in [5, 5.41) is -2.81. The number of imide groups is 2. The quantitative estimate of drug-likeness (QED) is 0.294. The number of nitrogens with zero attached hydrogens (tertiary/aromatic N) is 4. The summed E-state index contributed by atoms with van der Waals surface area (Å²) in [6.45, 7) is 3.29. The van der Waals surface area contributed by atoms with Crippen molar-refractivity contribution in [2.45, 2.75) is 37.7 Å². The Balaban J connectivity index is 1.26. The largest absolute Gasteiger partial charge is 0.368 e. The molecule has 0 aromatic heterocycles. The number of hydrogen-bond acceptors (Lipinski definition) is 10. The molecule has 4 N–H and O–H groups in total. The van der Waals surface area contributed by atoms with Gasteiger partial charge in [-0.15, -0.1) is 0 Å². The van der Waals surface area contributed by atoms with Gasteiger partial charge in [0.25, 0.3) is 22.3 Å². The predicted octanol–water partition coefficient (Wildman–Crippen LogP) is 3.33. The number of benzene rings is 3. The number of carbonyl (C=O) groups is 6. The fraction of sp³-hybridized carbons (Fsp3) is 0.250. The van der Waals surface area contributed by atoms with E-state index < -0.39 is 44.9 Å². The maximum absolute atomic E-state index is 13.4. The van der Waals surface area contributed by atoms with E-state index in [4.69, 9.17) is 11.5 Å². The van der Waals surface area contributed by atoms with E-state index in [1.165, 1.54) is 9.80 Å². The zero-order chi connectivity index (χ0) is 33.1. The Morgan fingerprint density at radius 2 is 1.02 bits per heavy atom. The Labute approximate surface area is 274 Å². The van der Waals surface area contributed by atoms with E-state index in [2.05, 4.69) is 0 Å². The molecular weight excluding hydrogens is 629 g/mol. The second-order valence-corrected chi connectivity index (χ2v) is 13.1. The molecule has 238 valence electrons. The van der Waals surface area contributed by atoms with Gasteiger partial charge < -0.3 is 21.3 Å².